The van der Waals surface area contributed by atoms with Gasteiger partial charge in [0.1, 0.15) is 0 Å². The molecule has 0 saturated heterocycles. The van der Waals surface area contributed by atoms with E-state index in [9.17, 15) is 0 Å². The van der Waals surface area contributed by atoms with Gasteiger partial charge in [0.15, 0.2) is 0 Å². The summed E-state index contributed by atoms with van der Waals surface area (Å²) in [4.78, 5) is 0. The molecule has 0 amide bonds. The van der Waals surface area contributed by atoms with E-state index in [0.29, 0.717) is 12.1 Å². The van der Waals surface area contributed by atoms with E-state index in [1.807, 2.05) is 0 Å². The van der Waals surface area contributed by atoms with E-state index in [1.165, 1.54) is 37.7 Å². The summed E-state index contributed by atoms with van der Waals surface area (Å²) in [7, 11) is 0. The third-order valence-electron chi connectivity index (χ3n) is 4.77. The average molecular weight is 289 g/mol. The zero-order chi connectivity index (χ0) is 15.1. The molecule has 2 nitrogen and oxygen atoms in total. The van der Waals surface area contributed by atoms with E-state index in [2.05, 4.69) is 56.4 Å². The maximum Gasteiger partial charge on any atom is 0.0745 e. The van der Waals surface area contributed by atoms with Crippen LogP contribution in [0.4, 0.5) is 0 Å². The van der Waals surface area contributed by atoms with Gasteiger partial charge in [0, 0.05) is 0 Å². The molecule has 118 valence electrons. The van der Waals surface area contributed by atoms with Crippen LogP contribution in [0.3, 0.4) is 0 Å². The van der Waals surface area contributed by atoms with Gasteiger partial charge in [0.05, 0.1) is 18.2 Å². The number of rotatable bonds is 7. The SMILES string of the molecule is CCNC(c1ccccc1)C(C)OC1CCCC(CC)C1. The summed E-state index contributed by atoms with van der Waals surface area (Å²) in [5, 5.41) is 3.59. The van der Waals surface area contributed by atoms with Crippen molar-refractivity contribution in [2.75, 3.05) is 6.54 Å². The van der Waals surface area contributed by atoms with Gasteiger partial charge < -0.3 is 10.1 Å². The lowest BCUT2D eigenvalue weighted by Crippen LogP contribution is -2.36. The molecule has 1 aromatic carbocycles. The fourth-order valence-electron chi connectivity index (χ4n) is 3.55. The zero-order valence-corrected chi connectivity index (χ0v) is 13.8. The summed E-state index contributed by atoms with van der Waals surface area (Å²) in [6, 6.07) is 11.0. The van der Waals surface area contributed by atoms with Crippen molar-refractivity contribution in [3.8, 4) is 0 Å². The van der Waals surface area contributed by atoms with Crippen LogP contribution < -0.4 is 5.32 Å². The Hall–Kier alpha value is -0.860. The van der Waals surface area contributed by atoms with Gasteiger partial charge in [0.2, 0.25) is 0 Å². The number of hydrogen-bond acceptors (Lipinski definition) is 2. The molecule has 0 radical (unpaired) electrons. The second kappa shape index (κ2) is 8.55. The maximum absolute atomic E-state index is 6.43. The minimum atomic E-state index is 0.216. The molecule has 1 aromatic rings. The average Bonchev–Trinajstić information content (AvgIpc) is 2.53. The number of hydrogen-bond donors (Lipinski definition) is 1. The van der Waals surface area contributed by atoms with Crippen LogP contribution in [0.2, 0.25) is 0 Å². The first-order valence-corrected chi connectivity index (χ1v) is 8.68. The molecule has 2 heteroatoms. The van der Waals surface area contributed by atoms with Gasteiger partial charge >= 0.3 is 0 Å². The molecule has 0 heterocycles. The zero-order valence-electron chi connectivity index (χ0n) is 13.8. The van der Waals surface area contributed by atoms with Gasteiger partial charge in [-0.3, -0.25) is 0 Å². The monoisotopic (exact) mass is 289 g/mol. The maximum atomic E-state index is 6.43. The number of likely N-dealkylation sites (N-methyl/N-ethyl adjacent to an activating group) is 1. The number of nitrogens with one attached hydrogen (secondary N) is 1. The molecule has 1 saturated carbocycles. The minimum absolute atomic E-state index is 0.216. The van der Waals surface area contributed by atoms with Crippen molar-refractivity contribution in [1.29, 1.82) is 0 Å². The van der Waals surface area contributed by atoms with Crippen LogP contribution in [-0.4, -0.2) is 18.8 Å². The van der Waals surface area contributed by atoms with Gasteiger partial charge in [-0.05, 0) is 37.8 Å². The lowest BCUT2D eigenvalue weighted by molar-refractivity contribution is -0.0480. The number of ether oxygens (including phenoxy) is 1. The van der Waals surface area contributed by atoms with Crippen molar-refractivity contribution in [3.05, 3.63) is 35.9 Å². The topological polar surface area (TPSA) is 21.3 Å². The Morgan fingerprint density at radius 1 is 1.19 bits per heavy atom. The van der Waals surface area contributed by atoms with E-state index >= 15 is 0 Å². The van der Waals surface area contributed by atoms with E-state index in [0.717, 1.165) is 12.5 Å². The van der Waals surface area contributed by atoms with Gasteiger partial charge in [-0.2, -0.15) is 0 Å². The first kappa shape index (κ1) is 16.5. The predicted octanol–water partition coefficient (Wildman–Crippen LogP) is 4.71. The van der Waals surface area contributed by atoms with Gasteiger partial charge in [-0.15, -0.1) is 0 Å². The molecular weight excluding hydrogens is 258 g/mol. The Bertz CT molecular complexity index is 392. The van der Waals surface area contributed by atoms with Crippen molar-refractivity contribution >= 4 is 0 Å². The standard InChI is InChI=1S/C19H31NO/c1-4-16-10-9-13-18(14-16)21-15(3)19(20-5-2)17-11-7-6-8-12-17/h6-8,11-12,15-16,18-20H,4-5,9-10,13-14H2,1-3H3. The summed E-state index contributed by atoms with van der Waals surface area (Å²) in [6.07, 6.45) is 7.15. The Morgan fingerprint density at radius 2 is 1.95 bits per heavy atom. The predicted molar refractivity (Wildman–Crippen MR) is 89.4 cm³/mol. The molecule has 0 aromatic heterocycles. The van der Waals surface area contributed by atoms with Crippen molar-refractivity contribution in [2.45, 2.75) is 71.1 Å². The van der Waals surface area contributed by atoms with Crippen molar-refractivity contribution in [2.24, 2.45) is 5.92 Å². The highest BCUT2D eigenvalue weighted by Crippen LogP contribution is 2.31. The quantitative estimate of drug-likeness (QED) is 0.785. The minimum Gasteiger partial charge on any atom is -0.373 e. The Balaban J connectivity index is 1.97. The summed E-state index contributed by atoms with van der Waals surface area (Å²) < 4.78 is 6.43. The van der Waals surface area contributed by atoms with Crippen molar-refractivity contribution in [1.82, 2.24) is 5.32 Å². The van der Waals surface area contributed by atoms with Gasteiger partial charge in [0.25, 0.3) is 0 Å². The summed E-state index contributed by atoms with van der Waals surface area (Å²) in [6.45, 7) is 7.66. The molecule has 1 N–H and O–H groups in total. The lowest BCUT2D eigenvalue weighted by Gasteiger charge is -2.34. The van der Waals surface area contributed by atoms with Crippen LogP contribution in [0.15, 0.2) is 30.3 Å². The van der Waals surface area contributed by atoms with E-state index in [-0.39, 0.29) is 6.10 Å². The molecular formula is C19H31NO. The Kier molecular flexibility index (Phi) is 6.72. The van der Waals surface area contributed by atoms with Crippen molar-refractivity contribution in [3.63, 3.8) is 0 Å². The molecule has 4 atom stereocenters. The van der Waals surface area contributed by atoms with Gasteiger partial charge in [-0.25, -0.2) is 0 Å². The fraction of sp³-hybridized carbons (Fsp3) is 0.684. The molecule has 21 heavy (non-hydrogen) atoms. The summed E-state index contributed by atoms with van der Waals surface area (Å²) >= 11 is 0. The number of benzene rings is 1. The highest BCUT2D eigenvalue weighted by atomic mass is 16.5. The summed E-state index contributed by atoms with van der Waals surface area (Å²) in [5.41, 5.74) is 1.33. The Morgan fingerprint density at radius 3 is 2.62 bits per heavy atom. The van der Waals surface area contributed by atoms with Crippen LogP contribution in [0.5, 0.6) is 0 Å². The molecule has 1 aliphatic carbocycles. The molecule has 0 aliphatic heterocycles. The second-order valence-corrected chi connectivity index (χ2v) is 6.35. The normalized spacial score (nSPS) is 25.5. The highest BCUT2D eigenvalue weighted by molar-refractivity contribution is 5.20. The third-order valence-corrected chi connectivity index (χ3v) is 4.77. The molecule has 0 spiro atoms. The lowest BCUT2D eigenvalue weighted by atomic mass is 9.85. The van der Waals surface area contributed by atoms with Gasteiger partial charge in [-0.1, -0.05) is 63.4 Å². The molecule has 2 rings (SSSR count). The third kappa shape index (κ3) is 4.82. The highest BCUT2D eigenvalue weighted by Gasteiger charge is 2.26. The summed E-state index contributed by atoms with van der Waals surface area (Å²) in [5.74, 6) is 0.866. The first-order valence-electron chi connectivity index (χ1n) is 8.68. The van der Waals surface area contributed by atoms with Crippen molar-refractivity contribution < 1.29 is 4.74 Å². The fourth-order valence-corrected chi connectivity index (χ4v) is 3.55. The molecule has 0 bridgehead atoms. The molecule has 4 unspecified atom stereocenters. The Labute approximate surface area is 130 Å². The largest absolute Gasteiger partial charge is 0.373 e. The second-order valence-electron chi connectivity index (χ2n) is 6.35. The van der Waals surface area contributed by atoms with Crippen LogP contribution in [0.25, 0.3) is 0 Å². The molecule has 1 aliphatic rings. The smallest absolute Gasteiger partial charge is 0.0745 e. The van der Waals surface area contributed by atoms with Crippen LogP contribution in [0.1, 0.15) is 64.5 Å². The molecule has 1 fully saturated rings. The van der Waals surface area contributed by atoms with E-state index in [1.54, 1.807) is 0 Å². The van der Waals surface area contributed by atoms with Crippen LogP contribution in [-0.2, 0) is 4.74 Å². The van der Waals surface area contributed by atoms with Crippen LogP contribution >= 0.6 is 0 Å². The van der Waals surface area contributed by atoms with Crippen LogP contribution in [0, 0.1) is 5.92 Å². The van der Waals surface area contributed by atoms with E-state index in [4.69, 9.17) is 4.74 Å². The first-order chi connectivity index (χ1) is 10.2. The van der Waals surface area contributed by atoms with E-state index < -0.39 is 0 Å².